The molecule has 6 nitrogen and oxygen atoms in total. The summed E-state index contributed by atoms with van der Waals surface area (Å²) < 4.78 is 13.7. The molecule has 1 aliphatic heterocycles. The largest absolute Gasteiger partial charge is 0.481 e. The van der Waals surface area contributed by atoms with Crippen LogP contribution in [0.1, 0.15) is 23.2 Å². The van der Waals surface area contributed by atoms with Crippen molar-refractivity contribution >= 4 is 29.4 Å². The fourth-order valence-electron chi connectivity index (χ4n) is 2.62. The van der Waals surface area contributed by atoms with E-state index in [9.17, 15) is 18.8 Å². The van der Waals surface area contributed by atoms with Gasteiger partial charge in [-0.2, -0.15) is 0 Å². The summed E-state index contributed by atoms with van der Waals surface area (Å²) in [5.74, 6) is -2.92. The van der Waals surface area contributed by atoms with Crippen molar-refractivity contribution in [3.8, 4) is 0 Å². The smallest absolute Gasteiger partial charge is 0.306 e. The summed E-state index contributed by atoms with van der Waals surface area (Å²) >= 11 is 5.77. The number of hydrogen-bond acceptors (Lipinski definition) is 3. The van der Waals surface area contributed by atoms with Crippen molar-refractivity contribution in [1.29, 1.82) is 0 Å². The zero-order valence-electron chi connectivity index (χ0n) is 13.2. The van der Waals surface area contributed by atoms with Crippen LogP contribution in [-0.2, 0) is 9.59 Å². The Morgan fingerprint density at radius 3 is 2.54 bits per heavy atom. The highest BCUT2D eigenvalue weighted by Gasteiger charge is 2.28. The van der Waals surface area contributed by atoms with Crippen LogP contribution in [0.5, 0.6) is 0 Å². The number of benzene rings is 1. The molecule has 0 radical (unpaired) electrons. The van der Waals surface area contributed by atoms with Crippen LogP contribution in [0.25, 0.3) is 0 Å². The normalized spacial score (nSPS) is 15.2. The van der Waals surface area contributed by atoms with Crippen LogP contribution >= 0.6 is 11.6 Å². The van der Waals surface area contributed by atoms with E-state index in [1.165, 1.54) is 24.1 Å². The lowest BCUT2D eigenvalue weighted by molar-refractivity contribution is -0.145. The van der Waals surface area contributed by atoms with Crippen LogP contribution in [-0.4, -0.2) is 59.4 Å². The van der Waals surface area contributed by atoms with Gasteiger partial charge < -0.3 is 14.9 Å². The molecule has 0 bridgehead atoms. The molecule has 8 heteroatoms. The van der Waals surface area contributed by atoms with Crippen LogP contribution in [0.2, 0.25) is 5.02 Å². The van der Waals surface area contributed by atoms with Crippen LogP contribution in [0.15, 0.2) is 18.2 Å². The summed E-state index contributed by atoms with van der Waals surface area (Å²) in [5, 5.41) is 9.18. The molecule has 24 heavy (non-hydrogen) atoms. The Labute approximate surface area is 143 Å². The maximum atomic E-state index is 13.7. The molecular weight excluding hydrogens is 339 g/mol. The number of carboxylic acids is 1. The SMILES string of the molecule is CN(CC(=O)N1CCC(C(=O)O)CC1)C(=O)c1cc(Cl)ccc1F. The molecule has 0 aromatic heterocycles. The number of piperidine rings is 1. The average Bonchev–Trinajstić information content (AvgIpc) is 2.56. The van der Waals surface area contributed by atoms with Gasteiger partial charge in [0.1, 0.15) is 5.82 Å². The molecular formula is C16H18ClFN2O4. The molecule has 1 aliphatic rings. The lowest BCUT2D eigenvalue weighted by Gasteiger charge is -2.31. The van der Waals surface area contributed by atoms with Gasteiger partial charge in [0.25, 0.3) is 5.91 Å². The first-order valence-electron chi connectivity index (χ1n) is 7.50. The molecule has 2 amide bonds. The Balaban J connectivity index is 1.95. The van der Waals surface area contributed by atoms with Gasteiger partial charge in [-0.3, -0.25) is 14.4 Å². The second-order valence-corrected chi connectivity index (χ2v) is 6.22. The second kappa shape index (κ2) is 7.61. The van der Waals surface area contributed by atoms with Gasteiger partial charge in [0, 0.05) is 25.2 Å². The lowest BCUT2D eigenvalue weighted by atomic mass is 9.97. The van der Waals surface area contributed by atoms with E-state index >= 15 is 0 Å². The molecule has 1 N–H and O–H groups in total. The molecule has 0 saturated carbocycles. The number of hydrogen-bond donors (Lipinski definition) is 1. The molecule has 1 aromatic carbocycles. The minimum absolute atomic E-state index is 0.192. The van der Waals surface area contributed by atoms with E-state index in [2.05, 4.69) is 0 Å². The number of carboxylic acid groups (broad SMARTS) is 1. The van der Waals surface area contributed by atoms with Crippen LogP contribution < -0.4 is 0 Å². The molecule has 0 unspecified atom stereocenters. The van der Waals surface area contributed by atoms with E-state index in [4.69, 9.17) is 16.7 Å². The predicted molar refractivity (Wildman–Crippen MR) is 85.3 cm³/mol. The first-order valence-corrected chi connectivity index (χ1v) is 7.88. The number of carbonyl (C=O) groups excluding carboxylic acids is 2. The van der Waals surface area contributed by atoms with Crippen LogP contribution in [0.3, 0.4) is 0 Å². The Kier molecular flexibility index (Phi) is 5.77. The minimum Gasteiger partial charge on any atom is -0.481 e. The highest BCUT2D eigenvalue weighted by Crippen LogP contribution is 2.19. The molecule has 2 rings (SSSR count). The Hall–Kier alpha value is -2.15. The van der Waals surface area contributed by atoms with Gasteiger partial charge >= 0.3 is 5.97 Å². The molecule has 0 atom stereocenters. The summed E-state index contributed by atoms with van der Waals surface area (Å²) in [6.45, 7) is 0.467. The summed E-state index contributed by atoms with van der Waals surface area (Å²) in [5.41, 5.74) is -0.192. The number of carbonyl (C=O) groups is 3. The third kappa shape index (κ3) is 4.23. The molecule has 1 heterocycles. The molecule has 130 valence electrons. The summed E-state index contributed by atoms with van der Waals surface area (Å²) in [6, 6.07) is 3.66. The summed E-state index contributed by atoms with van der Waals surface area (Å²) in [4.78, 5) is 38.1. The summed E-state index contributed by atoms with van der Waals surface area (Å²) in [6.07, 6.45) is 0.781. The molecule has 0 spiro atoms. The minimum atomic E-state index is -0.856. The third-order valence-electron chi connectivity index (χ3n) is 4.07. The number of halogens is 2. The third-order valence-corrected chi connectivity index (χ3v) is 4.31. The van der Waals surface area contributed by atoms with Crippen molar-refractivity contribution in [2.24, 2.45) is 5.92 Å². The van der Waals surface area contributed by atoms with Crippen molar-refractivity contribution in [2.75, 3.05) is 26.7 Å². The van der Waals surface area contributed by atoms with Crippen molar-refractivity contribution in [2.45, 2.75) is 12.8 Å². The number of aliphatic carboxylic acids is 1. The van der Waals surface area contributed by atoms with E-state index < -0.39 is 23.6 Å². The van der Waals surface area contributed by atoms with Crippen LogP contribution in [0, 0.1) is 11.7 Å². The van der Waals surface area contributed by atoms with Crippen molar-refractivity contribution < 1.29 is 23.9 Å². The van der Waals surface area contributed by atoms with Crippen molar-refractivity contribution in [3.63, 3.8) is 0 Å². The number of nitrogens with zero attached hydrogens (tertiary/aromatic N) is 2. The van der Waals surface area contributed by atoms with Crippen LogP contribution in [0.4, 0.5) is 4.39 Å². The first kappa shape index (κ1) is 18.2. The zero-order chi connectivity index (χ0) is 17.9. The van der Waals surface area contributed by atoms with Crippen molar-refractivity contribution in [1.82, 2.24) is 9.80 Å². The molecule has 1 saturated heterocycles. The standard InChI is InChI=1S/C16H18ClFN2O4/c1-19(15(22)12-8-11(17)2-3-13(12)18)9-14(21)20-6-4-10(5-7-20)16(23)24/h2-3,8,10H,4-7,9H2,1H3,(H,23,24). The predicted octanol–water partition coefficient (Wildman–Crippen LogP) is 1.87. The van der Waals surface area contributed by atoms with Gasteiger partial charge in [-0.1, -0.05) is 11.6 Å². The van der Waals surface area contributed by atoms with Gasteiger partial charge in [0.05, 0.1) is 18.0 Å². The lowest BCUT2D eigenvalue weighted by Crippen LogP contribution is -2.45. The maximum Gasteiger partial charge on any atom is 0.306 e. The highest BCUT2D eigenvalue weighted by molar-refractivity contribution is 6.31. The number of likely N-dealkylation sites (N-methyl/N-ethyl adjacent to an activating group) is 1. The first-order chi connectivity index (χ1) is 11.3. The average molecular weight is 357 g/mol. The number of rotatable bonds is 4. The van der Waals surface area contributed by atoms with Gasteiger partial charge in [0.15, 0.2) is 0 Å². The molecule has 0 aliphatic carbocycles. The fourth-order valence-corrected chi connectivity index (χ4v) is 2.79. The van der Waals surface area contributed by atoms with Gasteiger partial charge in [-0.05, 0) is 31.0 Å². The van der Waals surface area contributed by atoms with Gasteiger partial charge in [-0.25, -0.2) is 4.39 Å². The Morgan fingerprint density at radius 2 is 1.96 bits per heavy atom. The van der Waals surface area contributed by atoms with Crippen molar-refractivity contribution in [3.05, 3.63) is 34.6 Å². The summed E-state index contributed by atoms with van der Waals surface area (Å²) in [7, 11) is 1.41. The number of amides is 2. The van der Waals surface area contributed by atoms with E-state index in [0.29, 0.717) is 25.9 Å². The topological polar surface area (TPSA) is 77.9 Å². The molecule has 1 aromatic rings. The fraction of sp³-hybridized carbons (Fsp3) is 0.438. The zero-order valence-corrected chi connectivity index (χ0v) is 13.9. The van der Waals surface area contributed by atoms with E-state index in [1.54, 1.807) is 0 Å². The Morgan fingerprint density at radius 1 is 1.33 bits per heavy atom. The monoisotopic (exact) mass is 356 g/mol. The number of likely N-dealkylation sites (tertiary alicyclic amines) is 1. The highest BCUT2D eigenvalue weighted by atomic mass is 35.5. The second-order valence-electron chi connectivity index (χ2n) is 5.78. The Bertz CT molecular complexity index is 659. The van der Waals surface area contributed by atoms with E-state index in [0.717, 1.165) is 11.0 Å². The van der Waals surface area contributed by atoms with E-state index in [1.807, 2.05) is 0 Å². The maximum absolute atomic E-state index is 13.7. The van der Waals surface area contributed by atoms with Gasteiger partial charge in [0.2, 0.25) is 5.91 Å². The molecule has 1 fully saturated rings. The quantitative estimate of drug-likeness (QED) is 0.893. The van der Waals surface area contributed by atoms with E-state index in [-0.39, 0.29) is 23.0 Å². The van der Waals surface area contributed by atoms with Gasteiger partial charge in [-0.15, -0.1) is 0 Å².